The molecule has 7 heteroatoms. The number of nitrogens with one attached hydrogen (secondary N) is 1. The molecule has 0 bridgehead atoms. The maximum atomic E-state index is 13.9. The lowest BCUT2D eigenvalue weighted by Crippen LogP contribution is -2.34. The number of para-hydroxylation sites is 1. The number of sulfonamides is 1. The molecule has 1 atom stereocenters. The van der Waals surface area contributed by atoms with E-state index in [0.29, 0.717) is 5.69 Å². The fraction of sp³-hybridized carbons (Fsp3) is 0.242. The Morgan fingerprint density at radius 1 is 0.850 bits per heavy atom. The molecule has 0 aliphatic heterocycles. The zero-order valence-electron chi connectivity index (χ0n) is 23.6. The number of hydrogen-bond acceptors (Lipinski definition) is 4. The zero-order chi connectivity index (χ0) is 28.9. The number of anilines is 1. The Labute approximate surface area is 237 Å². The molecule has 0 heterocycles. The van der Waals surface area contributed by atoms with E-state index < -0.39 is 10.0 Å². The fourth-order valence-electron chi connectivity index (χ4n) is 4.81. The summed E-state index contributed by atoms with van der Waals surface area (Å²) in [6.45, 7) is 8.21. The van der Waals surface area contributed by atoms with E-state index in [2.05, 4.69) is 25.2 Å². The highest BCUT2D eigenvalue weighted by Crippen LogP contribution is 2.33. The molecule has 0 spiro atoms. The van der Waals surface area contributed by atoms with Gasteiger partial charge in [-0.15, -0.1) is 0 Å². The monoisotopic (exact) mass is 556 g/mol. The van der Waals surface area contributed by atoms with Gasteiger partial charge in [-0.25, -0.2) is 8.42 Å². The lowest BCUT2D eigenvalue weighted by Gasteiger charge is -2.27. The minimum absolute atomic E-state index is 0.0766. The van der Waals surface area contributed by atoms with E-state index >= 15 is 0 Å². The van der Waals surface area contributed by atoms with Crippen LogP contribution in [0.1, 0.15) is 65.3 Å². The van der Waals surface area contributed by atoms with Crippen LogP contribution in [-0.4, -0.2) is 21.4 Å². The van der Waals surface area contributed by atoms with Crippen molar-refractivity contribution < 1.29 is 17.9 Å². The maximum absolute atomic E-state index is 13.9. The van der Waals surface area contributed by atoms with Gasteiger partial charge >= 0.3 is 0 Å². The maximum Gasteiger partial charge on any atom is 0.264 e. The summed E-state index contributed by atoms with van der Waals surface area (Å²) < 4.78 is 34.8. The summed E-state index contributed by atoms with van der Waals surface area (Å²) in [7, 11) is -2.32. The second-order valence-corrected chi connectivity index (χ2v) is 12.0. The minimum Gasteiger partial charge on any atom is -0.496 e. The largest absolute Gasteiger partial charge is 0.496 e. The van der Waals surface area contributed by atoms with Gasteiger partial charge in [-0.2, -0.15) is 0 Å². The van der Waals surface area contributed by atoms with E-state index in [1.54, 1.807) is 61.7 Å². The van der Waals surface area contributed by atoms with Crippen LogP contribution in [0.25, 0.3) is 0 Å². The number of hydrogen-bond donors (Lipinski definition) is 1. The first-order chi connectivity index (χ1) is 19.1. The summed E-state index contributed by atoms with van der Waals surface area (Å²) in [4.78, 5) is 13.9. The molecule has 0 aromatic heterocycles. The van der Waals surface area contributed by atoms with E-state index in [1.165, 1.54) is 4.31 Å². The highest BCUT2D eigenvalue weighted by atomic mass is 32.2. The van der Waals surface area contributed by atoms with Gasteiger partial charge in [0.15, 0.2) is 0 Å². The van der Waals surface area contributed by atoms with Crippen molar-refractivity contribution in [3.05, 3.63) is 125 Å². The number of benzene rings is 4. The van der Waals surface area contributed by atoms with Crippen LogP contribution in [0.15, 0.2) is 102 Å². The lowest BCUT2D eigenvalue weighted by molar-refractivity contribution is 0.0940. The minimum atomic E-state index is -3.98. The molecule has 0 aliphatic carbocycles. The van der Waals surface area contributed by atoms with Gasteiger partial charge < -0.3 is 10.1 Å². The molecule has 0 fully saturated rings. The van der Waals surface area contributed by atoms with E-state index in [9.17, 15) is 13.2 Å². The standard InChI is InChI=1S/C33H36N2O4S/c1-23(2)29-21-30(24(3)20-32(29)39-5)25(4)34-33(36)28-18-12-13-19-31(28)35(22-26-14-8-6-9-15-26)40(37,38)27-16-10-7-11-17-27/h6-21,23,25H,22H2,1-5H3,(H,34,36)/t25-/m0/s1. The van der Waals surface area contributed by atoms with Crippen LogP contribution in [-0.2, 0) is 16.6 Å². The van der Waals surface area contributed by atoms with Gasteiger partial charge in [0.25, 0.3) is 15.9 Å². The number of ether oxygens (including phenoxy) is 1. The second kappa shape index (κ2) is 12.4. The Hall–Kier alpha value is -4.10. The molecule has 1 N–H and O–H groups in total. The van der Waals surface area contributed by atoms with E-state index in [4.69, 9.17) is 4.74 Å². The number of carbonyl (C=O) groups excluding carboxylic acids is 1. The van der Waals surface area contributed by atoms with Gasteiger partial charge in [0, 0.05) is 0 Å². The Balaban J connectivity index is 1.73. The first-order valence-electron chi connectivity index (χ1n) is 13.3. The van der Waals surface area contributed by atoms with Crippen LogP contribution in [0.5, 0.6) is 5.75 Å². The van der Waals surface area contributed by atoms with Crippen molar-refractivity contribution in [2.45, 2.75) is 51.1 Å². The Morgan fingerprint density at radius 2 is 1.45 bits per heavy atom. The molecule has 4 aromatic rings. The van der Waals surface area contributed by atoms with Crippen molar-refractivity contribution in [1.29, 1.82) is 0 Å². The third kappa shape index (κ3) is 6.20. The first-order valence-corrected chi connectivity index (χ1v) is 14.8. The van der Waals surface area contributed by atoms with Gasteiger partial charge in [0.05, 0.1) is 35.8 Å². The molecular formula is C33H36N2O4S. The zero-order valence-corrected chi connectivity index (χ0v) is 24.4. The topological polar surface area (TPSA) is 75.7 Å². The molecule has 6 nitrogen and oxygen atoms in total. The van der Waals surface area contributed by atoms with Crippen molar-refractivity contribution in [2.75, 3.05) is 11.4 Å². The molecular weight excluding hydrogens is 520 g/mol. The van der Waals surface area contributed by atoms with Crippen molar-refractivity contribution in [1.82, 2.24) is 5.32 Å². The molecule has 0 saturated heterocycles. The Morgan fingerprint density at radius 3 is 2.08 bits per heavy atom. The molecule has 0 aliphatic rings. The SMILES string of the molecule is COc1cc(C)c([C@H](C)NC(=O)c2ccccc2N(Cc2ccccc2)S(=O)(=O)c2ccccc2)cc1C(C)C. The molecule has 40 heavy (non-hydrogen) atoms. The van der Waals surface area contributed by atoms with Gasteiger partial charge in [-0.3, -0.25) is 9.10 Å². The van der Waals surface area contributed by atoms with Crippen LogP contribution >= 0.6 is 0 Å². The lowest BCUT2D eigenvalue weighted by atomic mass is 9.93. The Kier molecular flexibility index (Phi) is 8.95. The number of nitrogens with zero attached hydrogens (tertiary/aromatic N) is 1. The van der Waals surface area contributed by atoms with Crippen molar-refractivity contribution >= 4 is 21.6 Å². The summed E-state index contributed by atoms with van der Waals surface area (Å²) >= 11 is 0. The molecule has 4 rings (SSSR count). The van der Waals surface area contributed by atoms with E-state index in [0.717, 1.165) is 28.0 Å². The third-order valence-electron chi connectivity index (χ3n) is 6.97. The van der Waals surface area contributed by atoms with Gasteiger partial charge in [0.1, 0.15) is 5.75 Å². The number of carbonyl (C=O) groups is 1. The van der Waals surface area contributed by atoms with E-state index in [1.807, 2.05) is 50.2 Å². The van der Waals surface area contributed by atoms with Gasteiger partial charge in [-0.05, 0) is 78.4 Å². The number of methoxy groups -OCH3 is 1. The predicted octanol–water partition coefficient (Wildman–Crippen LogP) is 7.01. The van der Waals surface area contributed by atoms with Crippen LogP contribution in [0.2, 0.25) is 0 Å². The smallest absolute Gasteiger partial charge is 0.264 e. The average molecular weight is 557 g/mol. The third-order valence-corrected chi connectivity index (χ3v) is 8.75. The summed E-state index contributed by atoms with van der Waals surface area (Å²) in [5, 5.41) is 3.11. The van der Waals surface area contributed by atoms with Crippen LogP contribution in [0.3, 0.4) is 0 Å². The normalized spacial score (nSPS) is 12.2. The summed E-state index contributed by atoms with van der Waals surface area (Å²) in [6, 6.07) is 28.2. The second-order valence-electron chi connectivity index (χ2n) is 10.1. The average Bonchev–Trinajstić information content (AvgIpc) is 2.96. The first kappa shape index (κ1) is 28.9. The highest BCUT2D eigenvalue weighted by Gasteiger charge is 2.29. The number of rotatable bonds is 10. The molecule has 1 amide bonds. The Bertz CT molecular complexity index is 1570. The fourth-order valence-corrected chi connectivity index (χ4v) is 6.31. The molecule has 0 radical (unpaired) electrons. The van der Waals surface area contributed by atoms with Crippen molar-refractivity contribution in [3.63, 3.8) is 0 Å². The molecule has 0 saturated carbocycles. The summed E-state index contributed by atoms with van der Waals surface area (Å²) in [5.41, 5.74) is 4.44. The molecule has 0 unspecified atom stereocenters. The highest BCUT2D eigenvalue weighted by molar-refractivity contribution is 7.92. The van der Waals surface area contributed by atoms with Gasteiger partial charge in [0.2, 0.25) is 0 Å². The quantitative estimate of drug-likeness (QED) is 0.228. The van der Waals surface area contributed by atoms with Crippen LogP contribution in [0.4, 0.5) is 5.69 Å². The summed E-state index contributed by atoms with van der Waals surface area (Å²) in [6.07, 6.45) is 0. The number of aryl methyl sites for hydroxylation is 1. The van der Waals surface area contributed by atoms with Crippen LogP contribution < -0.4 is 14.4 Å². The number of amides is 1. The van der Waals surface area contributed by atoms with E-state index in [-0.39, 0.29) is 34.9 Å². The van der Waals surface area contributed by atoms with Gasteiger partial charge in [-0.1, -0.05) is 74.5 Å². The summed E-state index contributed by atoms with van der Waals surface area (Å²) in [5.74, 6) is 0.709. The van der Waals surface area contributed by atoms with Crippen molar-refractivity contribution in [3.8, 4) is 5.75 Å². The molecule has 208 valence electrons. The molecule has 4 aromatic carbocycles. The predicted molar refractivity (Wildman–Crippen MR) is 160 cm³/mol. The van der Waals surface area contributed by atoms with Crippen molar-refractivity contribution in [2.24, 2.45) is 0 Å². The van der Waals surface area contributed by atoms with Crippen LogP contribution in [0, 0.1) is 6.92 Å².